The van der Waals surface area contributed by atoms with E-state index in [0.717, 1.165) is 16.1 Å². The van der Waals surface area contributed by atoms with Crippen LogP contribution in [0.3, 0.4) is 0 Å². The van der Waals surface area contributed by atoms with Gasteiger partial charge in [0.05, 0.1) is 0 Å². The minimum atomic E-state index is 0.905. The largest absolute Gasteiger partial charge is 0.143 e. The third kappa shape index (κ3) is 9.57. The van der Waals surface area contributed by atoms with Gasteiger partial charge in [0, 0.05) is 4.91 Å². The molecular weight excluding hydrogens is 152 g/mol. The molecule has 0 aliphatic heterocycles. The summed E-state index contributed by atoms with van der Waals surface area (Å²) in [7, 11) is 0. The second-order valence-corrected chi connectivity index (χ2v) is 2.64. The molecular formula is C10H18S. The fourth-order valence-corrected chi connectivity index (χ4v) is 0.577. The molecule has 0 nitrogen and oxygen atoms in total. The average Bonchev–Trinajstić information content (AvgIpc) is 1.90. The van der Waals surface area contributed by atoms with E-state index in [2.05, 4.69) is 25.8 Å². The lowest BCUT2D eigenvalue weighted by atomic mass is 10.2. The Morgan fingerprint density at radius 3 is 1.64 bits per heavy atom. The van der Waals surface area contributed by atoms with Gasteiger partial charge in [-0.05, 0) is 25.5 Å². The molecule has 0 radical (unpaired) electrons. The zero-order valence-electron chi connectivity index (χ0n) is 7.94. The highest BCUT2D eigenvalue weighted by atomic mass is 32.1. The molecule has 0 saturated carbocycles. The van der Waals surface area contributed by atoms with Gasteiger partial charge in [-0.2, -0.15) is 0 Å². The van der Waals surface area contributed by atoms with Crippen molar-refractivity contribution < 1.29 is 0 Å². The first-order valence-electron chi connectivity index (χ1n) is 3.76. The summed E-state index contributed by atoms with van der Waals surface area (Å²) in [5, 5.41) is 0. The summed E-state index contributed by atoms with van der Waals surface area (Å²) in [4.78, 5) is 0.905. The van der Waals surface area contributed by atoms with Crippen molar-refractivity contribution in [3.63, 3.8) is 0 Å². The highest BCUT2D eigenvalue weighted by molar-refractivity contribution is 7.84. The van der Waals surface area contributed by atoms with Crippen LogP contribution in [-0.2, 0) is 0 Å². The second-order valence-electron chi connectivity index (χ2n) is 2.16. The van der Waals surface area contributed by atoms with Crippen molar-refractivity contribution in [1.82, 2.24) is 0 Å². The van der Waals surface area contributed by atoms with Crippen molar-refractivity contribution in [2.24, 2.45) is 0 Å². The summed E-state index contributed by atoms with van der Waals surface area (Å²) in [6.45, 7) is 15.3. The fourth-order valence-electron chi connectivity index (χ4n) is 0.357. The summed E-state index contributed by atoms with van der Waals surface area (Å²) in [6, 6.07) is 0. The Bertz CT molecular complexity index is 164. The van der Waals surface area contributed by atoms with Crippen LogP contribution < -0.4 is 0 Å². The quantitative estimate of drug-likeness (QED) is 0.470. The zero-order valence-corrected chi connectivity index (χ0v) is 8.83. The Kier molecular flexibility index (Phi) is 9.20. The van der Waals surface area contributed by atoms with Gasteiger partial charge in [-0.1, -0.05) is 32.6 Å². The predicted molar refractivity (Wildman–Crippen MR) is 58.0 cm³/mol. The van der Waals surface area contributed by atoms with E-state index in [1.807, 2.05) is 33.8 Å². The fraction of sp³-hybridized carbons (Fsp3) is 0.400. The minimum absolute atomic E-state index is 0.905. The predicted octanol–water partition coefficient (Wildman–Crippen LogP) is 3.98. The Balaban J connectivity index is 0. The summed E-state index contributed by atoms with van der Waals surface area (Å²) in [5.41, 5.74) is 1.98. The van der Waals surface area contributed by atoms with Gasteiger partial charge in [0.25, 0.3) is 0 Å². The standard InChI is InChI=1S/C8H12S.C2H6/c1-6(2)5-8(9)7(3)4;1-2/h5,9H,1,3H2,2,4H3;1-2H3/b8-5+;. The summed E-state index contributed by atoms with van der Waals surface area (Å²) < 4.78 is 0. The molecule has 0 heterocycles. The first-order chi connectivity index (χ1) is 5.04. The molecule has 0 bridgehead atoms. The molecule has 64 valence electrons. The molecule has 0 unspecified atom stereocenters. The van der Waals surface area contributed by atoms with E-state index < -0.39 is 0 Å². The lowest BCUT2D eigenvalue weighted by Gasteiger charge is -1.95. The van der Waals surface area contributed by atoms with E-state index in [9.17, 15) is 0 Å². The summed E-state index contributed by atoms with van der Waals surface area (Å²) >= 11 is 4.17. The molecule has 0 rings (SSSR count). The number of hydrogen-bond acceptors (Lipinski definition) is 1. The Morgan fingerprint density at radius 2 is 1.55 bits per heavy atom. The topological polar surface area (TPSA) is 0 Å². The maximum absolute atomic E-state index is 4.17. The molecule has 0 aliphatic carbocycles. The van der Waals surface area contributed by atoms with Gasteiger partial charge in [0.15, 0.2) is 0 Å². The van der Waals surface area contributed by atoms with Crippen molar-refractivity contribution in [3.05, 3.63) is 35.3 Å². The normalized spacial score (nSPS) is 9.73. The first-order valence-corrected chi connectivity index (χ1v) is 4.21. The molecule has 1 heteroatoms. The highest BCUT2D eigenvalue weighted by Gasteiger charge is 1.87. The Hall–Kier alpha value is -0.430. The molecule has 0 aromatic heterocycles. The van der Waals surface area contributed by atoms with E-state index >= 15 is 0 Å². The number of allylic oxidation sites excluding steroid dienone is 3. The third-order valence-electron chi connectivity index (χ3n) is 0.820. The van der Waals surface area contributed by atoms with Gasteiger partial charge in [0.2, 0.25) is 0 Å². The van der Waals surface area contributed by atoms with Crippen LogP contribution in [0.1, 0.15) is 27.7 Å². The smallest absolute Gasteiger partial charge is 0.00657 e. The van der Waals surface area contributed by atoms with E-state index in [1.165, 1.54) is 0 Å². The minimum Gasteiger partial charge on any atom is -0.143 e. The molecule has 0 aliphatic rings. The Labute approximate surface area is 76.1 Å². The van der Waals surface area contributed by atoms with Crippen LogP contribution in [0.4, 0.5) is 0 Å². The van der Waals surface area contributed by atoms with Crippen molar-refractivity contribution in [1.29, 1.82) is 0 Å². The first kappa shape index (κ1) is 13.2. The lowest BCUT2D eigenvalue weighted by Crippen LogP contribution is -1.72. The molecule has 0 saturated heterocycles. The number of hydrogen-bond donors (Lipinski definition) is 1. The van der Waals surface area contributed by atoms with Gasteiger partial charge in [-0.3, -0.25) is 0 Å². The van der Waals surface area contributed by atoms with Gasteiger partial charge < -0.3 is 0 Å². The molecule has 11 heavy (non-hydrogen) atoms. The molecule has 0 aromatic rings. The van der Waals surface area contributed by atoms with Gasteiger partial charge >= 0.3 is 0 Å². The highest BCUT2D eigenvalue weighted by Crippen LogP contribution is 2.12. The number of rotatable bonds is 2. The molecule has 0 amide bonds. The van der Waals surface area contributed by atoms with E-state index in [1.54, 1.807) is 0 Å². The Morgan fingerprint density at radius 1 is 1.18 bits per heavy atom. The van der Waals surface area contributed by atoms with Crippen molar-refractivity contribution in [2.75, 3.05) is 0 Å². The zero-order chi connectivity index (χ0) is 9.44. The van der Waals surface area contributed by atoms with Gasteiger partial charge in [-0.15, -0.1) is 12.6 Å². The third-order valence-corrected chi connectivity index (χ3v) is 1.33. The van der Waals surface area contributed by atoms with E-state index in [0.29, 0.717) is 0 Å². The van der Waals surface area contributed by atoms with E-state index in [4.69, 9.17) is 0 Å². The average molecular weight is 170 g/mol. The van der Waals surface area contributed by atoms with Crippen molar-refractivity contribution in [2.45, 2.75) is 27.7 Å². The molecule has 0 aromatic carbocycles. The van der Waals surface area contributed by atoms with Gasteiger partial charge in [-0.25, -0.2) is 0 Å². The maximum Gasteiger partial charge on any atom is 0.00657 e. The molecule has 0 N–H and O–H groups in total. The summed E-state index contributed by atoms with van der Waals surface area (Å²) in [5.74, 6) is 0. The lowest BCUT2D eigenvalue weighted by molar-refractivity contribution is 1.48. The van der Waals surface area contributed by atoms with E-state index in [-0.39, 0.29) is 0 Å². The number of thiol groups is 1. The monoisotopic (exact) mass is 170 g/mol. The van der Waals surface area contributed by atoms with Crippen molar-refractivity contribution in [3.8, 4) is 0 Å². The van der Waals surface area contributed by atoms with Crippen LogP contribution in [0, 0.1) is 0 Å². The SMILES string of the molecule is C=C(C)/C=C(/S)C(=C)C.CC. The van der Waals surface area contributed by atoms with Crippen LogP contribution in [0.15, 0.2) is 35.3 Å². The van der Waals surface area contributed by atoms with Crippen LogP contribution in [0.25, 0.3) is 0 Å². The maximum atomic E-state index is 4.17. The van der Waals surface area contributed by atoms with Gasteiger partial charge in [0.1, 0.15) is 0 Å². The molecule has 0 atom stereocenters. The molecule has 0 spiro atoms. The summed E-state index contributed by atoms with van der Waals surface area (Å²) in [6.07, 6.45) is 1.89. The molecule has 0 fully saturated rings. The van der Waals surface area contributed by atoms with Crippen molar-refractivity contribution >= 4 is 12.6 Å². The second kappa shape index (κ2) is 7.67. The van der Waals surface area contributed by atoms with Crippen LogP contribution in [0.5, 0.6) is 0 Å². The van der Waals surface area contributed by atoms with Crippen LogP contribution in [0.2, 0.25) is 0 Å². The van der Waals surface area contributed by atoms with Crippen LogP contribution >= 0.6 is 12.6 Å². The van der Waals surface area contributed by atoms with Crippen LogP contribution in [-0.4, -0.2) is 0 Å².